The molecule has 10 heteroatoms. The number of esters is 2. The number of carbonyl (C=O) groups is 2. The summed E-state index contributed by atoms with van der Waals surface area (Å²) in [5.74, 6) is 1.10. The molecule has 1 N–H and O–H groups in total. The molecule has 1 fully saturated rings. The molecule has 202 valence electrons. The van der Waals surface area contributed by atoms with Gasteiger partial charge in [0.1, 0.15) is 6.10 Å². The lowest BCUT2D eigenvalue weighted by molar-refractivity contribution is -0.153. The van der Waals surface area contributed by atoms with Gasteiger partial charge >= 0.3 is 11.9 Å². The number of hydrogen-bond donors (Lipinski definition) is 1. The van der Waals surface area contributed by atoms with Crippen LogP contribution in [0.15, 0.2) is 54.0 Å². The molecule has 9 nitrogen and oxygen atoms in total. The summed E-state index contributed by atoms with van der Waals surface area (Å²) < 4.78 is 31.8. The molecule has 0 bridgehead atoms. The second kappa shape index (κ2) is 12.2. The second-order valence-electron chi connectivity index (χ2n) is 8.68. The largest absolute Gasteiger partial charge is 0.502 e. The van der Waals surface area contributed by atoms with Gasteiger partial charge in [0.15, 0.2) is 23.0 Å². The van der Waals surface area contributed by atoms with Crippen LogP contribution < -0.4 is 18.9 Å². The van der Waals surface area contributed by atoms with Crippen molar-refractivity contribution in [2.45, 2.75) is 18.9 Å². The van der Waals surface area contributed by atoms with E-state index in [0.29, 0.717) is 29.4 Å². The Labute approximate surface area is 225 Å². The van der Waals surface area contributed by atoms with Gasteiger partial charge in [-0.15, -0.1) is 11.8 Å². The fraction of sp³-hybridized carbons (Fsp3) is 0.357. The van der Waals surface area contributed by atoms with Crippen LogP contribution in [0.2, 0.25) is 0 Å². The molecular weight excluding hydrogens is 512 g/mol. The van der Waals surface area contributed by atoms with E-state index in [1.54, 1.807) is 30.4 Å². The van der Waals surface area contributed by atoms with Crippen molar-refractivity contribution in [2.24, 2.45) is 11.8 Å². The minimum absolute atomic E-state index is 0.0394. The Kier molecular flexibility index (Phi) is 8.73. The van der Waals surface area contributed by atoms with Crippen molar-refractivity contribution in [3.63, 3.8) is 0 Å². The number of phenols is 1. The van der Waals surface area contributed by atoms with Gasteiger partial charge in [0, 0.05) is 11.5 Å². The molecule has 2 aromatic carbocycles. The molecule has 0 amide bonds. The van der Waals surface area contributed by atoms with E-state index in [2.05, 4.69) is 6.58 Å². The lowest BCUT2D eigenvalue weighted by Crippen LogP contribution is -2.33. The first kappa shape index (κ1) is 27.3. The maximum atomic E-state index is 12.6. The van der Waals surface area contributed by atoms with Crippen molar-refractivity contribution in [2.75, 3.05) is 33.9 Å². The van der Waals surface area contributed by atoms with Crippen molar-refractivity contribution < 1.29 is 43.1 Å². The van der Waals surface area contributed by atoms with Gasteiger partial charge in [-0.3, -0.25) is 9.59 Å². The number of methoxy groups -OCH3 is 2. The monoisotopic (exact) mass is 542 g/mol. The molecule has 1 saturated heterocycles. The number of rotatable bonds is 7. The maximum absolute atomic E-state index is 12.6. The fourth-order valence-corrected chi connectivity index (χ4v) is 5.15. The normalized spacial score (nSPS) is 20.8. The van der Waals surface area contributed by atoms with E-state index in [1.807, 2.05) is 18.4 Å². The molecule has 38 heavy (non-hydrogen) atoms. The van der Waals surface area contributed by atoms with E-state index in [9.17, 15) is 14.7 Å². The summed E-state index contributed by atoms with van der Waals surface area (Å²) in [6, 6.07) is 8.82. The average Bonchev–Trinajstić information content (AvgIpc) is 3.53. The molecule has 0 radical (unpaired) electrons. The minimum Gasteiger partial charge on any atom is -0.502 e. The Bertz CT molecular complexity index is 1220. The standard InChI is InChI=1S/C20H20O6S.C8H10O3/c1-3-4-12(27-2)7-18(21)26-19-13-8-17-16(24-10-25-17)6-11(13)5-14-15(19)9-23-20(14)22;1-10-6-4-3-5-7(11-2)8(6)9/h3-4,6,8,14-15,19H,1,5,7,9-10H2,2H3;3-5,9H,1-2H3/b12-4-;/t14-,15?,19?;/m1./s1. The molecule has 2 heterocycles. The van der Waals surface area contributed by atoms with Gasteiger partial charge in [-0.05, 0) is 47.4 Å². The first-order valence-electron chi connectivity index (χ1n) is 11.9. The van der Waals surface area contributed by atoms with Crippen LogP contribution in [0, 0.1) is 11.8 Å². The van der Waals surface area contributed by atoms with Gasteiger partial charge < -0.3 is 33.5 Å². The van der Waals surface area contributed by atoms with Gasteiger partial charge in [-0.2, -0.15) is 0 Å². The highest BCUT2D eigenvalue weighted by atomic mass is 32.2. The van der Waals surface area contributed by atoms with E-state index in [4.69, 9.17) is 28.4 Å². The van der Waals surface area contributed by atoms with Crippen LogP contribution in [-0.2, 0) is 25.5 Å². The zero-order valence-electron chi connectivity index (χ0n) is 21.4. The number of hydrogen-bond acceptors (Lipinski definition) is 10. The number of para-hydroxylation sites is 1. The van der Waals surface area contributed by atoms with Gasteiger partial charge in [-0.25, -0.2) is 0 Å². The van der Waals surface area contributed by atoms with Crippen LogP contribution in [-0.4, -0.2) is 50.9 Å². The highest BCUT2D eigenvalue weighted by molar-refractivity contribution is 8.02. The molecule has 0 saturated carbocycles. The highest BCUT2D eigenvalue weighted by Crippen LogP contribution is 2.48. The third-order valence-corrected chi connectivity index (χ3v) is 7.36. The van der Waals surface area contributed by atoms with E-state index in [0.717, 1.165) is 16.0 Å². The number of aromatic hydroxyl groups is 1. The topological polar surface area (TPSA) is 110 Å². The summed E-state index contributed by atoms with van der Waals surface area (Å²) in [6.07, 6.45) is 5.52. The molecule has 3 atom stereocenters. The van der Waals surface area contributed by atoms with Crippen molar-refractivity contribution in [3.8, 4) is 28.7 Å². The summed E-state index contributed by atoms with van der Waals surface area (Å²) in [5.41, 5.74) is 1.80. The van der Waals surface area contributed by atoms with Gasteiger partial charge in [0.2, 0.25) is 12.5 Å². The number of fused-ring (bicyclic) bond motifs is 3. The summed E-state index contributed by atoms with van der Waals surface area (Å²) in [4.78, 5) is 25.6. The number of cyclic esters (lactones) is 1. The van der Waals surface area contributed by atoms with Gasteiger partial charge in [0.05, 0.1) is 33.2 Å². The summed E-state index contributed by atoms with van der Waals surface area (Å²) in [7, 11) is 2.99. The number of allylic oxidation sites excluding steroid dienone is 2. The van der Waals surface area contributed by atoms with Crippen LogP contribution in [0.1, 0.15) is 23.7 Å². The first-order chi connectivity index (χ1) is 18.4. The van der Waals surface area contributed by atoms with E-state index < -0.39 is 6.10 Å². The molecule has 3 aliphatic rings. The zero-order valence-corrected chi connectivity index (χ0v) is 22.2. The first-order valence-corrected chi connectivity index (χ1v) is 13.2. The van der Waals surface area contributed by atoms with Gasteiger partial charge in [0.25, 0.3) is 0 Å². The van der Waals surface area contributed by atoms with Crippen LogP contribution in [0.5, 0.6) is 28.7 Å². The van der Waals surface area contributed by atoms with Gasteiger partial charge in [-0.1, -0.05) is 24.8 Å². The number of carbonyl (C=O) groups excluding carboxylic acids is 2. The summed E-state index contributed by atoms with van der Waals surface area (Å²) in [5, 5.41) is 9.34. The minimum atomic E-state index is -0.543. The fourth-order valence-electron chi connectivity index (χ4n) is 4.66. The zero-order chi connectivity index (χ0) is 27.2. The third-order valence-electron chi connectivity index (χ3n) is 6.55. The molecule has 2 unspecified atom stereocenters. The van der Waals surface area contributed by atoms with Crippen molar-refractivity contribution in [3.05, 3.63) is 65.1 Å². The quantitative estimate of drug-likeness (QED) is 0.394. The molecule has 0 aromatic heterocycles. The van der Waals surface area contributed by atoms with Crippen molar-refractivity contribution >= 4 is 23.7 Å². The lowest BCUT2D eigenvalue weighted by Gasteiger charge is -2.32. The van der Waals surface area contributed by atoms with E-state index in [-0.39, 0.29) is 49.3 Å². The Morgan fingerprint density at radius 2 is 1.84 bits per heavy atom. The van der Waals surface area contributed by atoms with E-state index in [1.165, 1.54) is 26.0 Å². The average molecular weight is 543 g/mol. The van der Waals surface area contributed by atoms with Crippen LogP contribution in [0.25, 0.3) is 0 Å². The molecule has 0 spiro atoms. The van der Waals surface area contributed by atoms with Crippen LogP contribution >= 0.6 is 11.8 Å². The highest BCUT2D eigenvalue weighted by Gasteiger charge is 2.48. The Hall–Kier alpha value is -3.79. The van der Waals surface area contributed by atoms with E-state index >= 15 is 0 Å². The summed E-state index contributed by atoms with van der Waals surface area (Å²) in [6.45, 7) is 4.09. The molecular formula is C28H30O9S. The molecule has 2 aliphatic heterocycles. The molecule has 1 aliphatic carbocycles. The maximum Gasteiger partial charge on any atom is 0.311 e. The smallest absolute Gasteiger partial charge is 0.311 e. The van der Waals surface area contributed by atoms with Crippen LogP contribution in [0.4, 0.5) is 0 Å². The Morgan fingerprint density at radius 3 is 2.47 bits per heavy atom. The summed E-state index contributed by atoms with van der Waals surface area (Å²) >= 11 is 1.48. The Balaban J connectivity index is 0.000000257. The number of ether oxygens (including phenoxy) is 6. The predicted molar refractivity (Wildman–Crippen MR) is 141 cm³/mol. The lowest BCUT2D eigenvalue weighted by atomic mass is 9.75. The SMILES string of the molecule is C=C/C=C(/CC(=O)OC1c2cc3c(cc2C[C@H]2C(=O)OCC12)OCO3)SC.COc1cccc(OC)c1O. The molecule has 5 rings (SSSR count). The Morgan fingerprint density at radius 1 is 1.16 bits per heavy atom. The number of thioether (sulfide) groups is 1. The van der Waals surface area contributed by atoms with Crippen LogP contribution in [0.3, 0.4) is 0 Å². The van der Waals surface area contributed by atoms with Crippen molar-refractivity contribution in [1.29, 1.82) is 0 Å². The number of phenolic OH excluding ortho intramolecular Hbond substituents is 1. The predicted octanol–water partition coefficient (Wildman–Crippen LogP) is 4.58. The number of benzene rings is 2. The second-order valence-corrected chi connectivity index (χ2v) is 9.61. The third kappa shape index (κ3) is 5.70. The molecule has 2 aromatic rings. The van der Waals surface area contributed by atoms with Crippen molar-refractivity contribution in [1.82, 2.24) is 0 Å².